The molecule has 0 bridgehead atoms. The molecule has 0 aliphatic rings. The number of nitrogens with one attached hydrogen (secondary N) is 2. The number of aryl methyl sites for hydroxylation is 1. The van der Waals surface area contributed by atoms with Crippen molar-refractivity contribution in [3.63, 3.8) is 0 Å². The highest BCUT2D eigenvalue weighted by Gasteiger charge is 2.16. The Bertz CT molecular complexity index is 598. The first-order valence-electron chi connectivity index (χ1n) is 9.25. The number of unbranched alkanes of at least 4 members (excludes halogenated alkanes) is 7. The summed E-state index contributed by atoms with van der Waals surface area (Å²) in [4.78, 5) is 11.8. The van der Waals surface area contributed by atoms with E-state index >= 15 is 0 Å². The summed E-state index contributed by atoms with van der Waals surface area (Å²) in [7, 11) is -3.35. The Hall–Kier alpha value is -1.56. The molecule has 0 atom stereocenters. The average molecular weight is 369 g/mol. The first kappa shape index (κ1) is 21.5. The molecule has 6 heteroatoms. The lowest BCUT2D eigenvalue weighted by atomic mass is 10.1. The molecule has 142 valence electrons. The monoisotopic (exact) mass is 368 g/mol. The van der Waals surface area contributed by atoms with Crippen molar-refractivity contribution in [3.05, 3.63) is 29.8 Å². The fraction of sp³-hybridized carbons (Fsp3) is 0.632. The van der Waals surface area contributed by atoms with Crippen molar-refractivity contribution < 1.29 is 13.2 Å². The molecule has 1 rings (SSSR count). The van der Waals surface area contributed by atoms with Gasteiger partial charge in [-0.2, -0.15) is 0 Å². The third-order valence-corrected chi connectivity index (χ3v) is 5.67. The molecule has 0 unspecified atom stereocenters. The number of hydrogen-bond acceptors (Lipinski definition) is 4. The Labute approximate surface area is 152 Å². The Kier molecular flexibility index (Phi) is 10.2. The maximum atomic E-state index is 12.0. The second-order valence-electron chi connectivity index (χ2n) is 6.61. The molecule has 0 aromatic heterocycles. The van der Waals surface area contributed by atoms with Gasteiger partial charge in [-0.3, -0.25) is 15.6 Å². The van der Waals surface area contributed by atoms with Gasteiger partial charge in [-0.15, -0.1) is 0 Å². The zero-order chi connectivity index (χ0) is 18.5. The number of anilines is 1. The number of benzene rings is 1. The normalized spacial score (nSPS) is 11.3. The maximum absolute atomic E-state index is 12.0. The lowest BCUT2D eigenvalue weighted by molar-refractivity contribution is -0.118. The van der Waals surface area contributed by atoms with Gasteiger partial charge in [0.15, 0.2) is 9.84 Å². The van der Waals surface area contributed by atoms with E-state index in [1.165, 1.54) is 32.1 Å². The SMILES string of the molecule is CCCCCCCCCCS(=O)(=O)CC(=O)NNc1ccc(C)cc1. The van der Waals surface area contributed by atoms with Gasteiger partial charge in [0.05, 0.1) is 11.4 Å². The van der Waals surface area contributed by atoms with Crippen LogP contribution in [-0.2, 0) is 14.6 Å². The van der Waals surface area contributed by atoms with E-state index in [2.05, 4.69) is 17.8 Å². The summed E-state index contributed by atoms with van der Waals surface area (Å²) in [6.07, 6.45) is 8.79. The Morgan fingerprint density at radius 1 is 0.920 bits per heavy atom. The van der Waals surface area contributed by atoms with Gasteiger partial charge in [-0.05, 0) is 25.5 Å². The molecular formula is C19H32N2O3S. The summed E-state index contributed by atoms with van der Waals surface area (Å²) in [6.45, 7) is 4.16. The molecule has 2 N–H and O–H groups in total. The first-order valence-corrected chi connectivity index (χ1v) is 11.1. The molecule has 0 aliphatic carbocycles. The highest BCUT2D eigenvalue weighted by Crippen LogP contribution is 2.10. The number of hydrogen-bond donors (Lipinski definition) is 2. The summed E-state index contributed by atoms with van der Waals surface area (Å²) in [5, 5.41) is 0. The molecule has 0 fully saturated rings. The van der Waals surface area contributed by atoms with Gasteiger partial charge < -0.3 is 0 Å². The largest absolute Gasteiger partial charge is 0.299 e. The summed E-state index contributed by atoms with van der Waals surface area (Å²) in [5.74, 6) is -0.914. The molecule has 0 heterocycles. The first-order chi connectivity index (χ1) is 11.9. The van der Waals surface area contributed by atoms with E-state index in [1.807, 2.05) is 31.2 Å². The van der Waals surface area contributed by atoms with Gasteiger partial charge in [-0.1, -0.05) is 69.6 Å². The minimum absolute atomic E-state index is 0.0832. The van der Waals surface area contributed by atoms with E-state index in [-0.39, 0.29) is 5.75 Å². The lowest BCUT2D eigenvalue weighted by Gasteiger charge is -2.09. The maximum Gasteiger partial charge on any atom is 0.253 e. The van der Waals surface area contributed by atoms with E-state index in [9.17, 15) is 13.2 Å². The van der Waals surface area contributed by atoms with Crippen LogP contribution in [0.2, 0.25) is 0 Å². The van der Waals surface area contributed by atoms with Crippen LogP contribution < -0.4 is 10.9 Å². The van der Waals surface area contributed by atoms with Crippen LogP contribution in [0.3, 0.4) is 0 Å². The van der Waals surface area contributed by atoms with E-state index in [1.54, 1.807) is 0 Å². The molecule has 0 saturated carbocycles. The quantitative estimate of drug-likeness (QED) is 0.408. The van der Waals surface area contributed by atoms with Gasteiger partial charge in [-0.25, -0.2) is 8.42 Å². The third kappa shape index (κ3) is 10.8. The van der Waals surface area contributed by atoms with Crippen molar-refractivity contribution in [1.82, 2.24) is 5.43 Å². The van der Waals surface area contributed by atoms with Crippen molar-refractivity contribution >= 4 is 21.4 Å². The summed E-state index contributed by atoms with van der Waals surface area (Å²) < 4.78 is 24.0. The third-order valence-electron chi connectivity index (χ3n) is 4.06. The van der Waals surface area contributed by atoms with Crippen LogP contribution in [0.4, 0.5) is 5.69 Å². The van der Waals surface area contributed by atoms with Crippen LogP contribution in [-0.4, -0.2) is 25.8 Å². The van der Waals surface area contributed by atoms with Crippen molar-refractivity contribution in [2.45, 2.75) is 65.2 Å². The zero-order valence-corrected chi connectivity index (χ0v) is 16.3. The van der Waals surface area contributed by atoms with Gasteiger partial charge in [0.25, 0.3) is 5.91 Å². The van der Waals surface area contributed by atoms with E-state index in [0.29, 0.717) is 6.42 Å². The van der Waals surface area contributed by atoms with Crippen LogP contribution in [0.15, 0.2) is 24.3 Å². The fourth-order valence-electron chi connectivity index (χ4n) is 2.54. The number of hydrazine groups is 1. The molecule has 5 nitrogen and oxygen atoms in total. The summed E-state index contributed by atoms with van der Waals surface area (Å²) >= 11 is 0. The Balaban J connectivity index is 2.16. The fourth-order valence-corrected chi connectivity index (χ4v) is 3.80. The van der Waals surface area contributed by atoms with Crippen LogP contribution >= 0.6 is 0 Å². The summed E-state index contributed by atoms with van der Waals surface area (Å²) in [6, 6.07) is 7.47. The molecule has 25 heavy (non-hydrogen) atoms. The molecular weight excluding hydrogens is 336 g/mol. The highest BCUT2D eigenvalue weighted by molar-refractivity contribution is 7.92. The van der Waals surface area contributed by atoms with Gasteiger partial charge in [0.2, 0.25) is 0 Å². The van der Waals surface area contributed by atoms with Crippen LogP contribution in [0, 0.1) is 6.92 Å². The molecule has 1 amide bonds. The molecule has 1 aromatic rings. The van der Waals surface area contributed by atoms with Crippen molar-refractivity contribution in [2.75, 3.05) is 16.9 Å². The number of rotatable bonds is 13. The van der Waals surface area contributed by atoms with Crippen molar-refractivity contribution in [2.24, 2.45) is 0 Å². The van der Waals surface area contributed by atoms with Gasteiger partial charge >= 0.3 is 0 Å². The second-order valence-corrected chi connectivity index (χ2v) is 8.79. The predicted molar refractivity (Wildman–Crippen MR) is 104 cm³/mol. The average Bonchev–Trinajstić information content (AvgIpc) is 2.56. The number of carbonyl (C=O) groups is 1. The van der Waals surface area contributed by atoms with Crippen LogP contribution in [0.1, 0.15) is 63.9 Å². The standard InChI is InChI=1S/C19H32N2O3S/c1-3-4-5-6-7-8-9-10-15-25(23,24)16-19(22)21-20-18-13-11-17(2)12-14-18/h11-14,20H,3-10,15-16H2,1-2H3,(H,21,22). The molecule has 0 spiro atoms. The van der Waals surface area contributed by atoms with Crippen molar-refractivity contribution in [3.8, 4) is 0 Å². The minimum Gasteiger partial charge on any atom is -0.299 e. The predicted octanol–water partition coefficient (Wildman–Crippen LogP) is 3.99. The van der Waals surface area contributed by atoms with E-state index in [4.69, 9.17) is 0 Å². The van der Waals surface area contributed by atoms with Crippen molar-refractivity contribution in [1.29, 1.82) is 0 Å². The topological polar surface area (TPSA) is 75.3 Å². The van der Waals surface area contributed by atoms with E-state index < -0.39 is 21.5 Å². The Morgan fingerprint density at radius 2 is 1.48 bits per heavy atom. The highest BCUT2D eigenvalue weighted by atomic mass is 32.2. The van der Waals surface area contributed by atoms with Gasteiger partial charge in [0, 0.05) is 0 Å². The van der Waals surface area contributed by atoms with Crippen LogP contribution in [0.25, 0.3) is 0 Å². The van der Waals surface area contributed by atoms with Crippen LogP contribution in [0.5, 0.6) is 0 Å². The lowest BCUT2D eigenvalue weighted by Crippen LogP contribution is -2.35. The molecule has 1 aromatic carbocycles. The second kappa shape index (κ2) is 11.9. The van der Waals surface area contributed by atoms with E-state index in [0.717, 1.165) is 24.1 Å². The molecule has 0 radical (unpaired) electrons. The summed E-state index contributed by atoms with van der Waals surface area (Å²) in [5.41, 5.74) is 7.00. The molecule has 0 aliphatic heterocycles. The number of sulfone groups is 1. The van der Waals surface area contributed by atoms with Gasteiger partial charge in [0.1, 0.15) is 5.75 Å². The Morgan fingerprint density at radius 3 is 2.08 bits per heavy atom. The number of amides is 1. The minimum atomic E-state index is -3.35. The molecule has 0 saturated heterocycles. The zero-order valence-electron chi connectivity index (χ0n) is 15.5. The smallest absolute Gasteiger partial charge is 0.253 e. The number of carbonyl (C=O) groups excluding carboxylic acids is 1.